The molecule has 0 aliphatic carbocycles. The van der Waals surface area contributed by atoms with Gasteiger partial charge in [-0.15, -0.1) is 0 Å². The molecule has 1 heterocycles. The standard InChI is InChI=1S/C12H25NO2S/c1-3-6-11(7-4-2)13-12-8-5-9-16(14,15)10-12/h11-13H,3-10H2,1-2H3. The van der Waals surface area contributed by atoms with E-state index in [1.807, 2.05) is 0 Å². The van der Waals surface area contributed by atoms with Crippen LogP contribution in [-0.2, 0) is 9.84 Å². The van der Waals surface area contributed by atoms with Crippen molar-refractivity contribution < 1.29 is 8.42 Å². The molecular formula is C12H25NO2S. The Balaban J connectivity index is 2.44. The third-order valence-electron chi connectivity index (χ3n) is 3.21. The van der Waals surface area contributed by atoms with Gasteiger partial charge in [0.1, 0.15) is 0 Å². The molecular weight excluding hydrogens is 222 g/mol. The van der Waals surface area contributed by atoms with Gasteiger partial charge in [-0.25, -0.2) is 8.42 Å². The van der Waals surface area contributed by atoms with Crippen LogP contribution < -0.4 is 5.32 Å². The van der Waals surface area contributed by atoms with Crippen molar-refractivity contribution in [3.05, 3.63) is 0 Å². The van der Waals surface area contributed by atoms with Gasteiger partial charge in [0, 0.05) is 12.1 Å². The largest absolute Gasteiger partial charge is 0.310 e. The Hall–Kier alpha value is -0.0900. The lowest BCUT2D eigenvalue weighted by atomic mass is 10.0. The lowest BCUT2D eigenvalue weighted by Crippen LogP contribution is -2.45. The van der Waals surface area contributed by atoms with Gasteiger partial charge < -0.3 is 5.32 Å². The van der Waals surface area contributed by atoms with Crippen LogP contribution in [0, 0.1) is 0 Å². The van der Waals surface area contributed by atoms with Crippen LogP contribution in [0.2, 0.25) is 0 Å². The molecule has 4 heteroatoms. The van der Waals surface area contributed by atoms with Crippen LogP contribution in [0.25, 0.3) is 0 Å². The highest BCUT2D eigenvalue weighted by atomic mass is 32.2. The Kier molecular flexibility index (Phi) is 5.76. The summed E-state index contributed by atoms with van der Waals surface area (Å²) in [7, 11) is -2.77. The topological polar surface area (TPSA) is 46.2 Å². The van der Waals surface area contributed by atoms with E-state index >= 15 is 0 Å². The Morgan fingerprint density at radius 2 is 1.88 bits per heavy atom. The Morgan fingerprint density at radius 3 is 2.38 bits per heavy atom. The third-order valence-corrected chi connectivity index (χ3v) is 5.03. The van der Waals surface area contributed by atoms with Crippen molar-refractivity contribution in [2.45, 2.75) is 64.5 Å². The van der Waals surface area contributed by atoms with Gasteiger partial charge in [0.25, 0.3) is 0 Å². The van der Waals surface area contributed by atoms with E-state index in [0.717, 1.165) is 38.5 Å². The van der Waals surface area contributed by atoms with Crippen molar-refractivity contribution in [2.75, 3.05) is 11.5 Å². The normalized spacial score (nSPS) is 24.8. The zero-order valence-corrected chi connectivity index (χ0v) is 11.4. The summed E-state index contributed by atoms with van der Waals surface area (Å²) in [6, 6.07) is 0.704. The molecule has 0 aromatic heterocycles. The molecule has 0 bridgehead atoms. The van der Waals surface area contributed by atoms with E-state index in [0.29, 0.717) is 17.5 Å². The maximum atomic E-state index is 11.5. The van der Waals surface area contributed by atoms with Gasteiger partial charge in [-0.2, -0.15) is 0 Å². The van der Waals surface area contributed by atoms with Crippen molar-refractivity contribution in [3.63, 3.8) is 0 Å². The van der Waals surface area contributed by atoms with E-state index < -0.39 is 9.84 Å². The first kappa shape index (κ1) is 14.0. The minimum absolute atomic E-state index is 0.196. The van der Waals surface area contributed by atoms with E-state index in [2.05, 4.69) is 19.2 Å². The smallest absolute Gasteiger partial charge is 0.151 e. The summed E-state index contributed by atoms with van der Waals surface area (Å²) in [6.07, 6.45) is 6.48. The van der Waals surface area contributed by atoms with Crippen LogP contribution in [0.3, 0.4) is 0 Å². The van der Waals surface area contributed by atoms with Gasteiger partial charge in [-0.1, -0.05) is 26.7 Å². The second-order valence-electron chi connectivity index (χ2n) is 4.89. The van der Waals surface area contributed by atoms with Crippen LogP contribution >= 0.6 is 0 Å². The average molecular weight is 247 g/mol. The first-order chi connectivity index (χ1) is 7.57. The van der Waals surface area contributed by atoms with Gasteiger partial charge in [-0.3, -0.25) is 0 Å². The Bertz CT molecular complexity index is 281. The molecule has 1 fully saturated rings. The number of sulfone groups is 1. The minimum Gasteiger partial charge on any atom is -0.310 e. The van der Waals surface area contributed by atoms with E-state index in [-0.39, 0.29) is 6.04 Å². The first-order valence-electron chi connectivity index (χ1n) is 6.54. The molecule has 16 heavy (non-hydrogen) atoms. The van der Waals surface area contributed by atoms with Gasteiger partial charge in [-0.05, 0) is 25.7 Å². The summed E-state index contributed by atoms with van der Waals surface area (Å²) in [5, 5.41) is 3.53. The van der Waals surface area contributed by atoms with E-state index in [1.54, 1.807) is 0 Å². The predicted molar refractivity (Wildman–Crippen MR) is 68.4 cm³/mol. The Labute approximate surface area is 99.9 Å². The summed E-state index contributed by atoms with van der Waals surface area (Å²) in [6.45, 7) is 4.36. The van der Waals surface area contributed by atoms with Crippen molar-refractivity contribution in [1.29, 1.82) is 0 Å². The van der Waals surface area contributed by atoms with E-state index in [9.17, 15) is 8.42 Å². The fourth-order valence-corrected chi connectivity index (χ4v) is 4.14. The van der Waals surface area contributed by atoms with Gasteiger partial charge in [0.2, 0.25) is 0 Å². The average Bonchev–Trinajstić information content (AvgIpc) is 2.16. The van der Waals surface area contributed by atoms with Crippen LogP contribution in [0.4, 0.5) is 0 Å². The molecule has 0 aromatic rings. The zero-order chi connectivity index (χ0) is 12.0. The molecule has 96 valence electrons. The molecule has 1 atom stereocenters. The van der Waals surface area contributed by atoms with Crippen molar-refractivity contribution in [2.24, 2.45) is 0 Å². The lowest BCUT2D eigenvalue weighted by Gasteiger charge is -2.28. The maximum Gasteiger partial charge on any atom is 0.151 e. The molecule has 0 saturated carbocycles. The highest BCUT2D eigenvalue weighted by Gasteiger charge is 2.25. The zero-order valence-electron chi connectivity index (χ0n) is 10.5. The predicted octanol–water partition coefficient (Wildman–Crippen LogP) is 2.12. The number of rotatable bonds is 6. The summed E-state index contributed by atoms with van der Waals surface area (Å²) < 4.78 is 23.0. The van der Waals surface area contributed by atoms with Crippen LogP contribution in [0.5, 0.6) is 0 Å². The summed E-state index contributed by atoms with van der Waals surface area (Å²) in [5.74, 6) is 0.730. The minimum atomic E-state index is -2.77. The molecule has 1 aliphatic heterocycles. The van der Waals surface area contributed by atoms with Crippen molar-refractivity contribution >= 4 is 9.84 Å². The third kappa shape index (κ3) is 4.83. The van der Waals surface area contributed by atoms with Crippen molar-refractivity contribution in [3.8, 4) is 0 Å². The van der Waals surface area contributed by atoms with Crippen molar-refractivity contribution in [1.82, 2.24) is 5.32 Å². The van der Waals surface area contributed by atoms with Crippen LogP contribution in [0.15, 0.2) is 0 Å². The van der Waals surface area contributed by atoms with E-state index in [1.165, 1.54) is 0 Å². The number of hydrogen-bond donors (Lipinski definition) is 1. The quantitative estimate of drug-likeness (QED) is 0.782. The summed E-state index contributed by atoms with van der Waals surface area (Å²) >= 11 is 0. The van der Waals surface area contributed by atoms with Gasteiger partial charge in [0.05, 0.1) is 11.5 Å². The lowest BCUT2D eigenvalue weighted by molar-refractivity contribution is 0.377. The molecule has 1 unspecified atom stereocenters. The summed E-state index contributed by atoms with van der Waals surface area (Å²) in [4.78, 5) is 0. The molecule has 1 N–H and O–H groups in total. The molecule has 0 amide bonds. The fraction of sp³-hybridized carbons (Fsp3) is 1.00. The molecule has 1 saturated heterocycles. The number of nitrogens with one attached hydrogen (secondary N) is 1. The van der Waals surface area contributed by atoms with E-state index in [4.69, 9.17) is 0 Å². The van der Waals surface area contributed by atoms with Gasteiger partial charge >= 0.3 is 0 Å². The highest BCUT2D eigenvalue weighted by molar-refractivity contribution is 7.91. The first-order valence-corrected chi connectivity index (χ1v) is 8.36. The van der Waals surface area contributed by atoms with Gasteiger partial charge in [0.15, 0.2) is 9.84 Å². The molecule has 0 radical (unpaired) electrons. The molecule has 0 spiro atoms. The molecule has 3 nitrogen and oxygen atoms in total. The monoisotopic (exact) mass is 247 g/mol. The van der Waals surface area contributed by atoms with Crippen LogP contribution in [0.1, 0.15) is 52.4 Å². The molecule has 0 aromatic carbocycles. The second-order valence-corrected chi connectivity index (χ2v) is 7.12. The summed E-state index contributed by atoms with van der Waals surface area (Å²) in [5.41, 5.74) is 0. The second kappa shape index (κ2) is 6.60. The Morgan fingerprint density at radius 1 is 1.25 bits per heavy atom. The number of hydrogen-bond acceptors (Lipinski definition) is 3. The van der Waals surface area contributed by atoms with Crippen LogP contribution in [-0.4, -0.2) is 32.0 Å². The maximum absolute atomic E-state index is 11.5. The SMILES string of the molecule is CCCC(CCC)NC1CCCS(=O)(=O)C1. The highest BCUT2D eigenvalue weighted by Crippen LogP contribution is 2.15. The molecule has 1 aliphatic rings. The fourth-order valence-electron chi connectivity index (χ4n) is 2.50. The molecule has 1 rings (SSSR count).